The van der Waals surface area contributed by atoms with Gasteiger partial charge in [-0.05, 0) is 54.8 Å². The maximum Gasteiger partial charge on any atom is 0.416 e. The van der Waals surface area contributed by atoms with Crippen LogP contribution >= 0.6 is 0 Å². The predicted molar refractivity (Wildman–Crippen MR) is 113 cm³/mol. The summed E-state index contributed by atoms with van der Waals surface area (Å²) in [5, 5.41) is 0. The van der Waals surface area contributed by atoms with Crippen LogP contribution in [0.2, 0.25) is 0 Å². The molecule has 2 atom stereocenters. The first-order valence-corrected chi connectivity index (χ1v) is 11.0. The van der Waals surface area contributed by atoms with Gasteiger partial charge in [-0.15, -0.1) is 0 Å². The molecule has 1 saturated heterocycles. The van der Waals surface area contributed by atoms with Crippen molar-refractivity contribution in [3.63, 3.8) is 0 Å². The summed E-state index contributed by atoms with van der Waals surface area (Å²) in [6.45, 7) is 3.67. The van der Waals surface area contributed by atoms with E-state index in [1.165, 1.54) is 12.1 Å². The number of anilines is 1. The molecule has 0 saturated carbocycles. The van der Waals surface area contributed by atoms with Crippen molar-refractivity contribution < 1.29 is 32.2 Å². The van der Waals surface area contributed by atoms with Gasteiger partial charge in [0, 0.05) is 19.0 Å². The number of imide groups is 1. The standard InChI is InChI=1S/C24H23F3N2O4/c1-14-18-12-21-20(32-8-3-9-33-21)10-15(18)6-7-28(14)19-13-22(30)29(23(19)31)17-5-2-4-16(11-17)24(25,26)27/h2,4-5,10-12,14,19H,3,6-9,13H2,1H3/t14-,19+/m0/s1. The zero-order valence-electron chi connectivity index (χ0n) is 18.0. The van der Waals surface area contributed by atoms with E-state index in [4.69, 9.17) is 9.47 Å². The van der Waals surface area contributed by atoms with E-state index in [0.717, 1.165) is 40.3 Å². The largest absolute Gasteiger partial charge is 0.490 e. The quantitative estimate of drug-likeness (QED) is 0.632. The molecule has 2 aromatic rings. The van der Waals surface area contributed by atoms with Crippen LogP contribution in [0.25, 0.3) is 0 Å². The van der Waals surface area contributed by atoms with Crippen molar-refractivity contribution in [3.8, 4) is 11.5 Å². The fourth-order valence-corrected chi connectivity index (χ4v) is 4.89. The fraction of sp³-hybridized carbons (Fsp3) is 0.417. The maximum absolute atomic E-state index is 13.2. The van der Waals surface area contributed by atoms with Crippen molar-refractivity contribution in [3.05, 3.63) is 53.1 Å². The highest BCUT2D eigenvalue weighted by Crippen LogP contribution is 2.41. The summed E-state index contributed by atoms with van der Waals surface area (Å²) < 4.78 is 51.0. The first-order chi connectivity index (χ1) is 15.7. The molecule has 0 aliphatic carbocycles. The molecule has 0 N–H and O–H groups in total. The van der Waals surface area contributed by atoms with Gasteiger partial charge in [-0.1, -0.05) is 6.07 Å². The molecule has 174 valence electrons. The van der Waals surface area contributed by atoms with Crippen molar-refractivity contribution >= 4 is 17.5 Å². The number of ether oxygens (including phenoxy) is 2. The molecular formula is C24H23F3N2O4. The highest BCUT2D eigenvalue weighted by Gasteiger charge is 2.45. The Morgan fingerprint density at radius 2 is 1.76 bits per heavy atom. The number of rotatable bonds is 2. The topological polar surface area (TPSA) is 59.1 Å². The van der Waals surface area contributed by atoms with Crippen LogP contribution in [0.15, 0.2) is 36.4 Å². The minimum absolute atomic E-state index is 0.0525. The molecule has 6 nitrogen and oxygen atoms in total. The molecule has 0 bridgehead atoms. The Kier molecular flexibility index (Phi) is 5.31. The lowest BCUT2D eigenvalue weighted by atomic mass is 9.91. The molecule has 0 radical (unpaired) electrons. The average molecular weight is 460 g/mol. The third-order valence-electron chi connectivity index (χ3n) is 6.55. The molecule has 3 heterocycles. The van der Waals surface area contributed by atoms with E-state index >= 15 is 0 Å². The van der Waals surface area contributed by atoms with Gasteiger partial charge in [0.05, 0.1) is 36.9 Å². The van der Waals surface area contributed by atoms with Crippen LogP contribution in [0.5, 0.6) is 11.5 Å². The molecule has 3 aliphatic rings. The summed E-state index contributed by atoms with van der Waals surface area (Å²) in [6, 6.07) is 7.36. The van der Waals surface area contributed by atoms with Crippen molar-refractivity contribution in [1.29, 1.82) is 0 Å². The molecule has 3 aliphatic heterocycles. The number of hydrogen-bond acceptors (Lipinski definition) is 5. The SMILES string of the molecule is C[C@H]1c2cc3c(cc2CCN1[C@@H]1CC(=O)N(c2cccc(C(F)(F)F)c2)C1=O)OCCCO3. The molecule has 5 rings (SSSR count). The number of carbonyl (C=O) groups excluding carboxylic acids is 2. The second-order valence-corrected chi connectivity index (χ2v) is 8.55. The lowest BCUT2D eigenvalue weighted by Gasteiger charge is -2.38. The van der Waals surface area contributed by atoms with Gasteiger partial charge in [-0.25, -0.2) is 4.90 Å². The molecule has 33 heavy (non-hydrogen) atoms. The van der Waals surface area contributed by atoms with Crippen molar-refractivity contribution in [2.75, 3.05) is 24.7 Å². The fourth-order valence-electron chi connectivity index (χ4n) is 4.89. The minimum atomic E-state index is -4.56. The summed E-state index contributed by atoms with van der Waals surface area (Å²) in [7, 11) is 0. The molecule has 0 unspecified atom stereocenters. The van der Waals surface area contributed by atoms with Crippen LogP contribution in [-0.4, -0.2) is 42.5 Å². The van der Waals surface area contributed by atoms with E-state index in [-0.39, 0.29) is 18.2 Å². The van der Waals surface area contributed by atoms with Crippen LogP contribution in [0.4, 0.5) is 18.9 Å². The van der Waals surface area contributed by atoms with E-state index in [0.29, 0.717) is 31.9 Å². The highest BCUT2D eigenvalue weighted by atomic mass is 19.4. The molecule has 0 aromatic heterocycles. The third kappa shape index (κ3) is 3.84. The zero-order chi connectivity index (χ0) is 23.3. The Bertz CT molecular complexity index is 1120. The van der Waals surface area contributed by atoms with Crippen LogP contribution in [-0.2, 0) is 22.2 Å². The number of alkyl halides is 3. The predicted octanol–water partition coefficient (Wildman–Crippen LogP) is 4.12. The highest BCUT2D eigenvalue weighted by molar-refractivity contribution is 6.22. The Morgan fingerprint density at radius 1 is 1.03 bits per heavy atom. The Labute approximate surface area is 188 Å². The van der Waals surface area contributed by atoms with Gasteiger partial charge in [0.25, 0.3) is 5.91 Å². The minimum Gasteiger partial charge on any atom is -0.490 e. The summed E-state index contributed by atoms with van der Waals surface area (Å²) in [5.74, 6) is 0.388. The Hall–Kier alpha value is -3.07. The Morgan fingerprint density at radius 3 is 2.48 bits per heavy atom. The summed E-state index contributed by atoms with van der Waals surface area (Å²) in [6.07, 6.45) is -3.17. The van der Waals surface area contributed by atoms with E-state index in [2.05, 4.69) is 0 Å². The first kappa shape index (κ1) is 21.8. The number of benzene rings is 2. The smallest absolute Gasteiger partial charge is 0.416 e. The summed E-state index contributed by atoms with van der Waals surface area (Å²) >= 11 is 0. The van der Waals surface area contributed by atoms with Crippen LogP contribution in [0.3, 0.4) is 0 Å². The van der Waals surface area contributed by atoms with Gasteiger partial charge >= 0.3 is 6.18 Å². The monoisotopic (exact) mass is 460 g/mol. The second-order valence-electron chi connectivity index (χ2n) is 8.55. The van der Waals surface area contributed by atoms with E-state index in [1.807, 2.05) is 24.0 Å². The van der Waals surface area contributed by atoms with E-state index < -0.39 is 29.6 Å². The summed E-state index contributed by atoms with van der Waals surface area (Å²) in [4.78, 5) is 28.8. The number of amides is 2. The van der Waals surface area contributed by atoms with Crippen molar-refractivity contribution in [2.45, 2.75) is 44.4 Å². The zero-order valence-corrected chi connectivity index (χ0v) is 18.0. The van der Waals surface area contributed by atoms with E-state index in [1.54, 1.807) is 0 Å². The molecule has 0 spiro atoms. The average Bonchev–Trinajstić information content (AvgIpc) is 2.93. The van der Waals surface area contributed by atoms with Gasteiger partial charge < -0.3 is 9.47 Å². The molecule has 2 aromatic carbocycles. The number of halogens is 3. The lowest BCUT2D eigenvalue weighted by molar-refractivity contribution is -0.137. The van der Waals surface area contributed by atoms with Crippen molar-refractivity contribution in [1.82, 2.24) is 4.90 Å². The Balaban J connectivity index is 1.42. The van der Waals surface area contributed by atoms with Crippen LogP contribution in [0.1, 0.15) is 42.5 Å². The van der Waals surface area contributed by atoms with Gasteiger partial charge in [-0.2, -0.15) is 13.2 Å². The molecule has 1 fully saturated rings. The van der Waals surface area contributed by atoms with E-state index in [9.17, 15) is 22.8 Å². The lowest BCUT2D eigenvalue weighted by Crippen LogP contribution is -2.46. The number of fused-ring (bicyclic) bond motifs is 2. The molecule has 2 amide bonds. The number of hydrogen-bond donors (Lipinski definition) is 0. The third-order valence-corrected chi connectivity index (χ3v) is 6.55. The number of carbonyl (C=O) groups is 2. The van der Waals surface area contributed by atoms with Gasteiger partial charge in [0.15, 0.2) is 11.5 Å². The summed E-state index contributed by atoms with van der Waals surface area (Å²) in [5.41, 5.74) is 1.16. The normalized spacial score (nSPS) is 23.5. The van der Waals surface area contributed by atoms with Gasteiger partial charge in [0.1, 0.15) is 0 Å². The number of nitrogens with zero attached hydrogens (tertiary/aromatic N) is 2. The first-order valence-electron chi connectivity index (χ1n) is 11.0. The second kappa shape index (κ2) is 8.06. The molecular weight excluding hydrogens is 437 g/mol. The van der Waals surface area contributed by atoms with Crippen LogP contribution in [0, 0.1) is 0 Å². The van der Waals surface area contributed by atoms with Crippen molar-refractivity contribution in [2.24, 2.45) is 0 Å². The molecule has 9 heteroatoms. The van der Waals surface area contributed by atoms with Crippen LogP contribution < -0.4 is 14.4 Å². The van der Waals surface area contributed by atoms with Gasteiger partial charge in [0.2, 0.25) is 5.91 Å². The van der Waals surface area contributed by atoms with Gasteiger partial charge in [-0.3, -0.25) is 14.5 Å². The maximum atomic E-state index is 13.2.